The van der Waals surface area contributed by atoms with Gasteiger partial charge < -0.3 is 11.1 Å². The van der Waals surface area contributed by atoms with Crippen LogP contribution in [0.4, 0.5) is 5.69 Å². The molecule has 0 aliphatic heterocycles. The molecule has 0 aliphatic rings. The van der Waals surface area contributed by atoms with E-state index in [0.717, 1.165) is 30.5 Å². The zero-order valence-electron chi connectivity index (χ0n) is 12.1. The molecule has 0 heterocycles. The summed E-state index contributed by atoms with van der Waals surface area (Å²) < 4.78 is 0. The van der Waals surface area contributed by atoms with Crippen LogP contribution < -0.4 is 16.5 Å². The van der Waals surface area contributed by atoms with E-state index in [1.807, 2.05) is 24.3 Å². The maximum absolute atomic E-state index is 11.8. The number of anilines is 1. The number of hydrogen-bond acceptors (Lipinski definition) is 4. The average Bonchev–Trinajstić information content (AvgIpc) is 2.50. The molecule has 0 aliphatic carbocycles. The Kier molecular flexibility index (Phi) is 8.08. The van der Waals surface area contributed by atoms with Gasteiger partial charge in [-0.25, -0.2) is 5.48 Å². The van der Waals surface area contributed by atoms with Crippen LogP contribution in [0, 0.1) is 0 Å². The fourth-order valence-corrected chi connectivity index (χ4v) is 2.01. The van der Waals surface area contributed by atoms with E-state index < -0.39 is 0 Å². The molecule has 0 atom stereocenters. The van der Waals surface area contributed by atoms with Crippen LogP contribution >= 0.6 is 0 Å². The third-order valence-corrected chi connectivity index (χ3v) is 3.19. The second kappa shape index (κ2) is 9.90. The Morgan fingerprint density at radius 2 is 1.62 bits per heavy atom. The molecular formula is C15H23N3O3. The Balaban J connectivity index is 2.18. The molecule has 0 fully saturated rings. The van der Waals surface area contributed by atoms with Crippen molar-refractivity contribution in [2.75, 3.05) is 5.32 Å². The summed E-state index contributed by atoms with van der Waals surface area (Å²) in [6.07, 6.45) is 3.99. The number of rotatable bonds is 9. The molecule has 0 unspecified atom stereocenters. The molecule has 0 radical (unpaired) electrons. The summed E-state index contributed by atoms with van der Waals surface area (Å²) in [4.78, 5) is 22.6. The largest absolute Gasteiger partial charge is 0.326 e. The molecule has 116 valence electrons. The molecular weight excluding hydrogens is 270 g/mol. The molecule has 0 saturated carbocycles. The van der Waals surface area contributed by atoms with Crippen LogP contribution in [0.2, 0.25) is 0 Å². The molecule has 0 aromatic heterocycles. The van der Waals surface area contributed by atoms with Crippen molar-refractivity contribution in [3.8, 4) is 0 Å². The Morgan fingerprint density at radius 3 is 2.24 bits per heavy atom. The number of carbonyl (C=O) groups excluding carboxylic acids is 2. The minimum Gasteiger partial charge on any atom is -0.326 e. The number of unbranched alkanes of at least 4 members (excludes halogenated alkanes) is 3. The summed E-state index contributed by atoms with van der Waals surface area (Å²) in [6.45, 7) is 0.392. The highest BCUT2D eigenvalue weighted by Crippen LogP contribution is 2.15. The van der Waals surface area contributed by atoms with E-state index in [-0.39, 0.29) is 11.8 Å². The first-order valence-corrected chi connectivity index (χ1v) is 7.18. The van der Waals surface area contributed by atoms with Crippen LogP contribution in [-0.2, 0) is 16.1 Å². The van der Waals surface area contributed by atoms with E-state index in [2.05, 4.69) is 5.32 Å². The maximum Gasteiger partial charge on any atom is 0.243 e. The summed E-state index contributed by atoms with van der Waals surface area (Å²) in [5.41, 5.74) is 8.90. The van der Waals surface area contributed by atoms with Gasteiger partial charge in [0.2, 0.25) is 11.8 Å². The van der Waals surface area contributed by atoms with Crippen molar-refractivity contribution in [3.63, 3.8) is 0 Å². The lowest BCUT2D eigenvalue weighted by molar-refractivity contribution is -0.129. The Hall–Kier alpha value is -1.92. The standard InChI is InChI=1S/C15H23N3O3/c16-11-12-7-5-6-8-13(12)17-14(19)9-3-1-2-4-10-15(20)18-21/h5-8,21H,1-4,9-11,16H2,(H,17,19)(H,18,20). The zero-order valence-corrected chi connectivity index (χ0v) is 12.1. The SMILES string of the molecule is NCc1ccccc1NC(=O)CCCCCCC(=O)NO. The van der Waals surface area contributed by atoms with Crippen molar-refractivity contribution in [3.05, 3.63) is 29.8 Å². The molecule has 1 aromatic carbocycles. The van der Waals surface area contributed by atoms with Gasteiger partial charge in [-0.05, 0) is 24.5 Å². The van der Waals surface area contributed by atoms with Crippen molar-refractivity contribution < 1.29 is 14.8 Å². The lowest BCUT2D eigenvalue weighted by atomic mass is 10.1. The summed E-state index contributed by atoms with van der Waals surface area (Å²) in [7, 11) is 0. The first kappa shape index (κ1) is 17.1. The van der Waals surface area contributed by atoms with Crippen LogP contribution in [0.25, 0.3) is 0 Å². The summed E-state index contributed by atoms with van der Waals surface area (Å²) in [5.74, 6) is -0.393. The van der Waals surface area contributed by atoms with Gasteiger partial charge in [0.1, 0.15) is 0 Å². The fraction of sp³-hybridized carbons (Fsp3) is 0.467. The Bertz CT molecular complexity index is 463. The van der Waals surface area contributed by atoms with Gasteiger partial charge in [0, 0.05) is 25.1 Å². The summed E-state index contributed by atoms with van der Waals surface area (Å²) in [5, 5.41) is 11.2. The van der Waals surface area contributed by atoms with Crippen molar-refractivity contribution in [1.82, 2.24) is 5.48 Å². The second-order valence-electron chi connectivity index (χ2n) is 4.86. The van der Waals surface area contributed by atoms with Gasteiger partial charge in [0.25, 0.3) is 0 Å². The normalized spacial score (nSPS) is 10.2. The van der Waals surface area contributed by atoms with E-state index >= 15 is 0 Å². The van der Waals surface area contributed by atoms with Crippen LogP contribution in [0.3, 0.4) is 0 Å². The van der Waals surface area contributed by atoms with E-state index in [0.29, 0.717) is 25.8 Å². The lowest BCUT2D eigenvalue weighted by Gasteiger charge is -2.09. The van der Waals surface area contributed by atoms with Gasteiger partial charge in [-0.1, -0.05) is 31.0 Å². The van der Waals surface area contributed by atoms with Gasteiger partial charge in [-0.2, -0.15) is 0 Å². The van der Waals surface area contributed by atoms with Gasteiger partial charge in [-0.15, -0.1) is 0 Å². The van der Waals surface area contributed by atoms with Crippen molar-refractivity contribution in [2.45, 2.75) is 45.1 Å². The van der Waals surface area contributed by atoms with E-state index in [4.69, 9.17) is 10.9 Å². The minimum atomic E-state index is -0.369. The predicted octanol–water partition coefficient (Wildman–Crippen LogP) is 1.93. The number of carbonyl (C=O) groups is 2. The van der Waals surface area contributed by atoms with Crippen molar-refractivity contribution in [2.24, 2.45) is 5.73 Å². The Morgan fingerprint density at radius 1 is 1.00 bits per heavy atom. The van der Waals surface area contributed by atoms with E-state index in [1.54, 1.807) is 5.48 Å². The minimum absolute atomic E-state index is 0.0241. The van der Waals surface area contributed by atoms with Crippen LogP contribution in [0.1, 0.15) is 44.1 Å². The number of hydroxylamine groups is 1. The lowest BCUT2D eigenvalue weighted by Crippen LogP contribution is -2.17. The molecule has 1 aromatic rings. The first-order valence-electron chi connectivity index (χ1n) is 7.18. The monoisotopic (exact) mass is 293 g/mol. The van der Waals surface area contributed by atoms with Gasteiger partial charge in [0.15, 0.2) is 0 Å². The first-order chi connectivity index (χ1) is 10.2. The van der Waals surface area contributed by atoms with Crippen molar-refractivity contribution >= 4 is 17.5 Å². The molecule has 1 rings (SSSR count). The molecule has 6 nitrogen and oxygen atoms in total. The predicted molar refractivity (Wildman–Crippen MR) is 80.6 cm³/mol. The highest BCUT2D eigenvalue weighted by atomic mass is 16.5. The Labute approximate surface area is 124 Å². The number of nitrogens with one attached hydrogen (secondary N) is 2. The number of nitrogens with two attached hydrogens (primary N) is 1. The fourth-order valence-electron chi connectivity index (χ4n) is 2.01. The molecule has 0 bridgehead atoms. The van der Waals surface area contributed by atoms with Gasteiger partial charge in [0.05, 0.1) is 0 Å². The third-order valence-electron chi connectivity index (χ3n) is 3.19. The van der Waals surface area contributed by atoms with Gasteiger partial charge >= 0.3 is 0 Å². The second-order valence-corrected chi connectivity index (χ2v) is 4.86. The number of para-hydroxylation sites is 1. The quantitative estimate of drug-likeness (QED) is 0.317. The molecule has 2 amide bonds. The average molecular weight is 293 g/mol. The van der Waals surface area contributed by atoms with Crippen LogP contribution in [0.15, 0.2) is 24.3 Å². The summed E-state index contributed by atoms with van der Waals surface area (Å²) >= 11 is 0. The topological polar surface area (TPSA) is 104 Å². The number of amides is 2. The smallest absolute Gasteiger partial charge is 0.243 e. The molecule has 21 heavy (non-hydrogen) atoms. The van der Waals surface area contributed by atoms with Crippen molar-refractivity contribution in [1.29, 1.82) is 0 Å². The molecule has 6 heteroatoms. The highest BCUT2D eigenvalue weighted by Gasteiger charge is 2.05. The highest BCUT2D eigenvalue weighted by molar-refractivity contribution is 5.91. The molecule has 0 spiro atoms. The number of hydrogen-bond donors (Lipinski definition) is 4. The number of benzene rings is 1. The zero-order chi connectivity index (χ0) is 15.5. The van der Waals surface area contributed by atoms with E-state index in [1.165, 1.54) is 0 Å². The van der Waals surface area contributed by atoms with Crippen LogP contribution in [-0.4, -0.2) is 17.0 Å². The summed E-state index contributed by atoms with van der Waals surface area (Å²) in [6, 6.07) is 7.48. The van der Waals surface area contributed by atoms with Gasteiger partial charge in [-0.3, -0.25) is 14.8 Å². The van der Waals surface area contributed by atoms with E-state index in [9.17, 15) is 9.59 Å². The third kappa shape index (κ3) is 6.87. The molecule has 0 saturated heterocycles. The maximum atomic E-state index is 11.8. The molecule has 5 N–H and O–H groups in total. The van der Waals surface area contributed by atoms with Crippen LogP contribution in [0.5, 0.6) is 0 Å².